The Morgan fingerprint density at radius 2 is 2.56 bits per heavy atom. The highest BCUT2D eigenvalue weighted by Crippen LogP contribution is 2.20. The van der Waals surface area contributed by atoms with Crippen molar-refractivity contribution in [1.29, 1.82) is 0 Å². The number of rotatable bonds is 5. The van der Waals surface area contributed by atoms with Gasteiger partial charge in [-0.3, -0.25) is 4.79 Å². The number of carbonyl (C=O) groups excluding carboxylic acids is 1. The maximum absolute atomic E-state index is 11.9. The number of ether oxygens (including phenoxy) is 1. The highest BCUT2D eigenvalue weighted by Gasteiger charge is 2.19. The lowest BCUT2D eigenvalue weighted by Crippen LogP contribution is -2.36. The molecule has 1 N–H and O–H groups in total. The average Bonchev–Trinajstić information content (AvgIpc) is 2.90. The molecule has 1 aliphatic heterocycles. The van der Waals surface area contributed by atoms with Crippen molar-refractivity contribution in [3.63, 3.8) is 0 Å². The fourth-order valence-electron chi connectivity index (χ4n) is 1.81. The minimum atomic E-state index is -0.138. The zero-order valence-electron chi connectivity index (χ0n) is 10.5. The summed E-state index contributed by atoms with van der Waals surface area (Å²) in [6, 6.07) is 5.70. The van der Waals surface area contributed by atoms with Crippen LogP contribution in [0, 0.1) is 0 Å². The lowest BCUT2D eigenvalue weighted by atomic mass is 10.2. The number of carbonyl (C=O) groups is 1. The van der Waals surface area contributed by atoms with E-state index in [4.69, 9.17) is 4.74 Å². The number of hydrogen-bond donors (Lipinski definition) is 1. The Morgan fingerprint density at radius 1 is 1.67 bits per heavy atom. The van der Waals surface area contributed by atoms with Crippen LogP contribution in [0.1, 0.15) is 19.8 Å². The van der Waals surface area contributed by atoms with E-state index in [1.54, 1.807) is 6.20 Å². The summed E-state index contributed by atoms with van der Waals surface area (Å²) in [5, 5.41) is 3.67. The molecule has 5 heteroatoms. The third-order valence-electron chi connectivity index (χ3n) is 2.83. The quantitative estimate of drug-likeness (QED) is 0.826. The van der Waals surface area contributed by atoms with E-state index in [0.29, 0.717) is 6.54 Å². The van der Waals surface area contributed by atoms with Gasteiger partial charge in [-0.25, -0.2) is 4.98 Å². The second-order valence-corrected chi connectivity index (χ2v) is 5.67. The zero-order valence-corrected chi connectivity index (χ0v) is 11.3. The standard InChI is InChI=1S/C13H18N2O2S/c1-10(18-12-6-2-3-7-14-12)13(16)15-9-11-5-4-8-17-11/h2-3,6-7,10-11H,4-5,8-9H2,1H3,(H,15,16). The Kier molecular flexibility index (Phi) is 5.01. The summed E-state index contributed by atoms with van der Waals surface area (Å²) in [6.45, 7) is 3.33. The van der Waals surface area contributed by atoms with Crippen LogP contribution in [-0.4, -0.2) is 35.4 Å². The molecular formula is C13H18N2O2S. The van der Waals surface area contributed by atoms with Crippen molar-refractivity contribution in [2.45, 2.75) is 36.1 Å². The van der Waals surface area contributed by atoms with Crippen LogP contribution in [0.4, 0.5) is 0 Å². The molecule has 2 unspecified atom stereocenters. The molecule has 1 aromatic heterocycles. The molecule has 4 nitrogen and oxygen atoms in total. The van der Waals surface area contributed by atoms with E-state index in [0.717, 1.165) is 24.5 Å². The van der Waals surface area contributed by atoms with Crippen LogP contribution in [0.5, 0.6) is 0 Å². The highest BCUT2D eigenvalue weighted by molar-refractivity contribution is 8.00. The van der Waals surface area contributed by atoms with Gasteiger partial charge >= 0.3 is 0 Å². The third-order valence-corrected chi connectivity index (χ3v) is 3.88. The molecule has 0 spiro atoms. The Balaban J connectivity index is 1.74. The average molecular weight is 266 g/mol. The van der Waals surface area contributed by atoms with Crippen LogP contribution < -0.4 is 5.32 Å². The summed E-state index contributed by atoms with van der Waals surface area (Å²) in [4.78, 5) is 16.1. The van der Waals surface area contributed by atoms with Crippen molar-refractivity contribution in [2.24, 2.45) is 0 Å². The summed E-state index contributed by atoms with van der Waals surface area (Å²) in [5.41, 5.74) is 0. The van der Waals surface area contributed by atoms with Gasteiger partial charge < -0.3 is 10.1 Å². The van der Waals surface area contributed by atoms with E-state index in [9.17, 15) is 4.79 Å². The second-order valence-electron chi connectivity index (χ2n) is 4.31. The smallest absolute Gasteiger partial charge is 0.233 e. The number of nitrogens with zero attached hydrogens (tertiary/aromatic N) is 1. The van der Waals surface area contributed by atoms with Gasteiger partial charge in [0.15, 0.2) is 0 Å². The van der Waals surface area contributed by atoms with Gasteiger partial charge in [-0.05, 0) is 31.9 Å². The number of thioether (sulfide) groups is 1. The Labute approximate surface area is 112 Å². The molecule has 1 aromatic rings. The van der Waals surface area contributed by atoms with Crippen molar-refractivity contribution in [3.8, 4) is 0 Å². The number of pyridine rings is 1. The number of nitrogens with one attached hydrogen (secondary N) is 1. The molecule has 98 valence electrons. The van der Waals surface area contributed by atoms with Crippen molar-refractivity contribution in [3.05, 3.63) is 24.4 Å². The Hall–Kier alpha value is -1.07. The highest BCUT2D eigenvalue weighted by atomic mass is 32.2. The van der Waals surface area contributed by atoms with Crippen LogP contribution >= 0.6 is 11.8 Å². The van der Waals surface area contributed by atoms with Gasteiger partial charge in [0.2, 0.25) is 5.91 Å². The van der Waals surface area contributed by atoms with Crippen LogP contribution in [0.3, 0.4) is 0 Å². The first-order valence-electron chi connectivity index (χ1n) is 6.22. The molecule has 0 aromatic carbocycles. The van der Waals surface area contributed by atoms with Gasteiger partial charge in [0.1, 0.15) is 0 Å². The first kappa shape index (κ1) is 13.4. The number of hydrogen-bond acceptors (Lipinski definition) is 4. The van der Waals surface area contributed by atoms with Crippen molar-refractivity contribution in [1.82, 2.24) is 10.3 Å². The largest absolute Gasteiger partial charge is 0.376 e. The number of aromatic nitrogens is 1. The summed E-state index contributed by atoms with van der Waals surface area (Å²) in [5.74, 6) is 0.0427. The maximum Gasteiger partial charge on any atom is 0.233 e. The molecule has 0 radical (unpaired) electrons. The normalized spacial score (nSPS) is 20.6. The summed E-state index contributed by atoms with van der Waals surface area (Å²) in [6.07, 6.45) is 4.07. The predicted octanol–water partition coefficient (Wildman–Crippen LogP) is 1.86. The monoisotopic (exact) mass is 266 g/mol. The van der Waals surface area contributed by atoms with E-state index in [-0.39, 0.29) is 17.3 Å². The topological polar surface area (TPSA) is 51.2 Å². The lowest BCUT2D eigenvalue weighted by Gasteiger charge is -2.14. The molecule has 1 saturated heterocycles. The molecule has 2 rings (SSSR count). The van der Waals surface area contributed by atoms with E-state index >= 15 is 0 Å². The van der Waals surface area contributed by atoms with Crippen molar-refractivity contribution < 1.29 is 9.53 Å². The van der Waals surface area contributed by atoms with Crippen LogP contribution in [0.25, 0.3) is 0 Å². The molecule has 0 aliphatic carbocycles. The van der Waals surface area contributed by atoms with Crippen molar-refractivity contribution in [2.75, 3.05) is 13.2 Å². The third kappa shape index (κ3) is 3.99. The fraction of sp³-hybridized carbons (Fsp3) is 0.538. The van der Waals surface area contributed by atoms with Gasteiger partial charge in [-0.2, -0.15) is 0 Å². The molecule has 2 atom stereocenters. The molecule has 1 amide bonds. The number of amides is 1. The van der Waals surface area contributed by atoms with Gasteiger partial charge in [0.05, 0.1) is 16.4 Å². The van der Waals surface area contributed by atoms with E-state index in [2.05, 4.69) is 10.3 Å². The predicted molar refractivity (Wildman–Crippen MR) is 71.5 cm³/mol. The minimum Gasteiger partial charge on any atom is -0.376 e. The van der Waals surface area contributed by atoms with E-state index in [1.165, 1.54) is 11.8 Å². The SMILES string of the molecule is CC(Sc1ccccn1)C(=O)NCC1CCCO1. The summed E-state index contributed by atoms with van der Waals surface area (Å²) in [7, 11) is 0. The van der Waals surface area contributed by atoms with Gasteiger partial charge in [0, 0.05) is 19.3 Å². The Bertz CT molecular complexity index is 380. The minimum absolute atomic E-state index is 0.0427. The zero-order chi connectivity index (χ0) is 12.8. The Morgan fingerprint density at radius 3 is 3.22 bits per heavy atom. The molecule has 18 heavy (non-hydrogen) atoms. The first-order valence-corrected chi connectivity index (χ1v) is 7.10. The lowest BCUT2D eigenvalue weighted by molar-refractivity contribution is -0.120. The second kappa shape index (κ2) is 6.75. The van der Waals surface area contributed by atoms with Crippen molar-refractivity contribution >= 4 is 17.7 Å². The molecular weight excluding hydrogens is 248 g/mol. The van der Waals surface area contributed by atoms with E-state index in [1.807, 2.05) is 25.1 Å². The molecule has 0 saturated carbocycles. The van der Waals surface area contributed by atoms with Crippen LogP contribution in [0.2, 0.25) is 0 Å². The molecule has 0 bridgehead atoms. The first-order chi connectivity index (χ1) is 8.75. The molecule has 2 heterocycles. The maximum atomic E-state index is 11.9. The van der Waals surface area contributed by atoms with Gasteiger partial charge in [-0.15, -0.1) is 0 Å². The van der Waals surface area contributed by atoms with Crippen LogP contribution in [-0.2, 0) is 9.53 Å². The summed E-state index contributed by atoms with van der Waals surface area (Å²) < 4.78 is 5.47. The fourth-order valence-corrected chi connectivity index (χ4v) is 2.65. The molecule has 1 fully saturated rings. The molecule has 1 aliphatic rings. The van der Waals surface area contributed by atoms with Gasteiger partial charge in [-0.1, -0.05) is 17.8 Å². The van der Waals surface area contributed by atoms with Crippen LogP contribution in [0.15, 0.2) is 29.4 Å². The summed E-state index contributed by atoms with van der Waals surface area (Å²) >= 11 is 1.47. The van der Waals surface area contributed by atoms with E-state index < -0.39 is 0 Å². The van der Waals surface area contributed by atoms with Gasteiger partial charge in [0.25, 0.3) is 0 Å².